The first-order valence-electron chi connectivity index (χ1n) is 9.00. The number of hydrogen-bond donors (Lipinski definition) is 0. The molecule has 1 atom stereocenters. The average molecular weight is 385 g/mol. The summed E-state index contributed by atoms with van der Waals surface area (Å²) in [6, 6.07) is 4.18. The lowest BCUT2D eigenvalue weighted by molar-refractivity contribution is -0.384. The Bertz CT molecular complexity index is 732. The highest BCUT2D eigenvalue weighted by Crippen LogP contribution is 2.33. The molecule has 8 nitrogen and oxygen atoms in total. The molecule has 0 aromatic heterocycles. The first-order valence-corrected chi connectivity index (χ1v) is 10.4. The molecule has 1 fully saturated rings. The number of rotatable bonds is 8. The highest BCUT2D eigenvalue weighted by molar-refractivity contribution is 7.89. The molecule has 0 spiro atoms. The van der Waals surface area contributed by atoms with Crippen LogP contribution in [-0.4, -0.2) is 56.5 Å². The van der Waals surface area contributed by atoms with Crippen LogP contribution in [0.15, 0.2) is 23.1 Å². The molecule has 1 aliphatic rings. The van der Waals surface area contributed by atoms with E-state index in [1.165, 1.54) is 16.4 Å². The van der Waals surface area contributed by atoms with E-state index in [2.05, 4.69) is 0 Å². The summed E-state index contributed by atoms with van der Waals surface area (Å²) in [6.45, 7) is 7.89. The number of ether oxygens (including phenoxy) is 1. The van der Waals surface area contributed by atoms with E-state index in [1.54, 1.807) is 19.9 Å². The maximum atomic E-state index is 12.7. The largest absolute Gasteiger partial charge is 0.377 e. The van der Waals surface area contributed by atoms with Crippen molar-refractivity contribution in [3.8, 4) is 0 Å². The first kappa shape index (κ1) is 20.6. The van der Waals surface area contributed by atoms with Crippen molar-refractivity contribution in [2.75, 3.05) is 37.7 Å². The normalized spacial score (nSPS) is 18.3. The number of hydrogen-bond acceptors (Lipinski definition) is 6. The minimum atomic E-state index is -3.74. The molecule has 26 heavy (non-hydrogen) atoms. The van der Waals surface area contributed by atoms with Crippen molar-refractivity contribution < 1.29 is 18.1 Å². The van der Waals surface area contributed by atoms with E-state index in [9.17, 15) is 18.5 Å². The van der Waals surface area contributed by atoms with Gasteiger partial charge in [0.1, 0.15) is 5.69 Å². The van der Waals surface area contributed by atoms with E-state index in [0.717, 1.165) is 12.8 Å². The quantitative estimate of drug-likeness (QED) is 0.504. The summed E-state index contributed by atoms with van der Waals surface area (Å²) in [6.07, 6.45) is 1.83. The Balaban J connectivity index is 2.39. The lowest BCUT2D eigenvalue weighted by Gasteiger charge is -2.33. The summed E-state index contributed by atoms with van der Waals surface area (Å²) in [4.78, 5) is 13.0. The van der Waals surface area contributed by atoms with Crippen molar-refractivity contribution in [1.82, 2.24) is 4.31 Å². The summed E-state index contributed by atoms with van der Waals surface area (Å²) in [5, 5.41) is 11.6. The monoisotopic (exact) mass is 385 g/mol. The zero-order valence-corrected chi connectivity index (χ0v) is 16.4. The number of benzene rings is 1. The van der Waals surface area contributed by atoms with Gasteiger partial charge in [-0.05, 0) is 31.9 Å². The molecule has 9 heteroatoms. The van der Waals surface area contributed by atoms with Crippen LogP contribution in [0.25, 0.3) is 0 Å². The Morgan fingerprint density at radius 2 is 2.00 bits per heavy atom. The van der Waals surface area contributed by atoms with Gasteiger partial charge in [0.05, 0.1) is 15.9 Å². The van der Waals surface area contributed by atoms with E-state index >= 15 is 0 Å². The fourth-order valence-electron chi connectivity index (χ4n) is 3.32. The molecule has 1 heterocycles. The third-order valence-corrected chi connectivity index (χ3v) is 6.65. The van der Waals surface area contributed by atoms with Crippen LogP contribution < -0.4 is 4.90 Å². The van der Waals surface area contributed by atoms with Gasteiger partial charge in [0.2, 0.25) is 10.0 Å². The maximum absolute atomic E-state index is 12.7. The van der Waals surface area contributed by atoms with Crippen molar-refractivity contribution in [1.29, 1.82) is 0 Å². The molecule has 0 radical (unpaired) electrons. The number of nitro groups is 1. The highest BCUT2D eigenvalue weighted by Gasteiger charge is 2.29. The standard InChI is InChI=1S/C17H27N3O5S/c1-4-19(5-2)26(23,24)15-9-10-16(17(12-15)20(21)22)18-11-7-8-14(13-18)25-6-3/h9-10,12,14H,4-8,11,13H2,1-3H3. The van der Waals surface area contributed by atoms with Crippen molar-refractivity contribution in [3.05, 3.63) is 28.3 Å². The summed E-state index contributed by atoms with van der Waals surface area (Å²) in [5.74, 6) is 0. The lowest BCUT2D eigenvalue weighted by Crippen LogP contribution is -2.40. The molecule has 0 amide bonds. The van der Waals surface area contributed by atoms with Gasteiger partial charge in [-0.15, -0.1) is 0 Å². The van der Waals surface area contributed by atoms with E-state index < -0.39 is 14.9 Å². The van der Waals surface area contributed by atoms with Crippen LogP contribution in [0.3, 0.4) is 0 Å². The molecule has 0 aliphatic carbocycles. The number of sulfonamides is 1. The third-order valence-electron chi connectivity index (χ3n) is 4.61. The van der Waals surface area contributed by atoms with Crippen LogP contribution in [0.2, 0.25) is 0 Å². The second kappa shape index (κ2) is 8.79. The maximum Gasteiger partial charge on any atom is 0.293 e. The predicted octanol–water partition coefficient (Wildman–Crippen LogP) is 2.63. The lowest BCUT2D eigenvalue weighted by atomic mass is 10.1. The molecule has 1 aliphatic heterocycles. The van der Waals surface area contributed by atoms with E-state index in [4.69, 9.17) is 4.74 Å². The van der Waals surface area contributed by atoms with Crippen LogP contribution in [0, 0.1) is 10.1 Å². The molecule has 1 unspecified atom stereocenters. The number of piperidine rings is 1. The van der Waals surface area contributed by atoms with Gasteiger partial charge < -0.3 is 9.64 Å². The molecule has 0 saturated carbocycles. The van der Waals surface area contributed by atoms with Crippen molar-refractivity contribution in [2.45, 2.75) is 44.6 Å². The predicted molar refractivity (Wildman–Crippen MR) is 100 cm³/mol. The molecule has 1 aromatic carbocycles. The van der Waals surface area contributed by atoms with Gasteiger partial charge in [0, 0.05) is 38.9 Å². The highest BCUT2D eigenvalue weighted by atomic mass is 32.2. The molecule has 2 rings (SSSR count). The fraction of sp³-hybridized carbons (Fsp3) is 0.647. The molecule has 146 valence electrons. The Morgan fingerprint density at radius 1 is 1.31 bits per heavy atom. The smallest absolute Gasteiger partial charge is 0.293 e. The molecular weight excluding hydrogens is 358 g/mol. The van der Waals surface area contributed by atoms with Gasteiger partial charge in [-0.3, -0.25) is 10.1 Å². The molecule has 1 aromatic rings. The van der Waals surface area contributed by atoms with Crippen molar-refractivity contribution >= 4 is 21.4 Å². The van der Waals surface area contributed by atoms with Gasteiger partial charge >= 0.3 is 0 Å². The van der Waals surface area contributed by atoms with Crippen molar-refractivity contribution in [3.63, 3.8) is 0 Å². The zero-order valence-electron chi connectivity index (χ0n) is 15.6. The molecular formula is C17H27N3O5S. The summed E-state index contributed by atoms with van der Waals surface area (Å²) in [5.41, 5.74) is 0.258. The second-order valence-corrected chi connectivity index (χ2v) is 8.10. The number of nitro benzene ring substituents is 1. The van der Waals surface area contributed by atoms with Gasteiger partial charge in [0.25, 0.3) is 5.69 Å². The fourth-order valence-corrected chi connectivity index (χ4v) is 4.80. The Morgan fingerprint density at radius 3 is 2.58 bits per heavy atom. The van der Waals surface area contributed by atoms with E-state index in [1.807, 2.05) is 11.8 Å². The third kappa shape index (κ3) is 4.33. The second-order valence-electron chi connectivity index (χ2n) is 6.16. The van der Waals surface area contributed by atoms with Crippen LogP contribution in [0.1, 0.15) is 33.6 Å². The van der Waals surface area contributed by atoms with E-state index in [0.29, 0.717) is 38.5 Å². The van der Waals surface area contributed by atoms with Crippen LogP contribution >= 0.6 is 0 Å². The van der Waals surface area contributed by atoms with Crippen molar-refractivity contribution in [2.24, 2.45) is 0 Å². The van der Waals surface area contributed by atoms with Gasteiger partial charge in [-0.1, -0.05) is 13.8 Å². The molecule has 0 N–H and O–H groups in total. The number of nitrogens with zero attached hydrogens (tertiary/aromatic N) is 3. The van der Waals surface area contributed by atoms with Crippen LogP contribution in [0.5, 0.6) is 0 Å². The summed E-state index contributed by atoms with van der Waals surface area (Å²) in [7, 11) is -3.74. The average Bonchev–Trinajstić information content (AvgIpc) is 2.62. The SMILES string of the molecule is CCOC1CCCN(c2ccc(S(=O)(=O)N(CC)CC)cc2[N+](=O)[O-])C1. The Kier molecular flexibility index (Phi) is 6.96. The van der Waals surface area contributed by atoms with Gasteiger partial charge in [-0.25, -0.2) is 8.42 Å². The molecule has 0 bridgehead atoms. The summed E-state index contributed by atoms with van der Waals surface area (Å²) < 4.78 is 32.3. The van der Waals surface area contributed by atoms with Crippen LogP contribution in [-0.2, 0) is 14.8 Å². The number of anilines is 1. The van der Waals surface area contributed by atoms with Gasteiger partial charge in [-0.2, -0.15) is 4.31 Å². The van der Waals surface area contributed by atoms with Crippen LogP contribution in [0.4, 0.5) is 11.4 Å². The van der Waals surface area contributed by atoms with E-state index in [-0.39, 0.29) is 16.7 Å². The minimum Gasteiger partial charge on any atom is -0.377 e. The molecule has 1 saturated heterocycles. The minimum absolute atomic E-state index is 0.0347. The Hall–Kier alpha value is -1.71. The summed E-state index contributed by atoms with van der Waals surface area (Å²) >= 11 is 0. The zero-order chi connectivity index (χ0) is 19.3. The van der Waals surface area contributed by atoms with Gasteiger partial charge in [0.15, 0.2) is 0 Å². The first-order chi connectivity index (χ1) is 12.3. The Labute approximate surface area is 154 Å². The topological polar surface area (TPSA) is 93.0 Å².